The summed E-state index contributed by atoms with van der Waals surface area (Å²) >= 11 is 0. The number of hydrogen-bond donors (Lipinski definition) is 1. The molecule has 7 heteroatoms. The lowest BCUT2D eigenvalue weighted by molar-refractivity contribution is -0.274. The molecule has 0 atom stereocenters. The highest BCUT2D eigenvalue weighted by atomic mass is 19.4. The number of nitrogens with two attached hydrogens (primary N) is 1. The molecular weight excluding hydrogens is 271 g/mol. The largest absolute Gasteiger partial charge is 0.573 e. The minimum atomic E-state index is -4.75. The first-order valence-corrected chi connectivity index (χ1v) is 5.96. The van der Waals surface area contributed by atoms with Crippen molar-refractivity contribution < 1.29 is 17.9 Å². The summed E-state index contributed by atoms with van der Waals surface area (Å²) in [6.07, 6.45) is -1.30. The normalized spacial score (nSPS) is 11.9. The van der Waals surface area contributed by atoms with Crippen molar-refractivity contribution in [3.63, 3.8) is 0 Å². The van der Waals surface area contributed by atoms with E-state index in [0.717, 1.165) is 5.56 Å². The zero-order chi connectivity index (χ0) is 14.9. The molecule has 4 nitrogen and oxygen atoms in total. The molecule has 0 bridgehead atoms. The SMILES string of the molecule is CC(C)n1cc(-c2ccc(OC(F)(F)F)c(N)c2)cn1. The fourth-order valence-corrected chi connectivity index (χ4v) is 1.72. The summed E-state index contributed by atoms with van der Waals surface area (Å²) in [5.41, 5.74) is 6.97. The molecular formula is C13H14F3N3O. The van der Waals surface area contributed by atoms with Crippen molar-refractivity contribution in [1.82, 2.24) is 9.78 Å². The fourth-order valence-electron chi connectivity index (χ4n) is 1.72. The smallest absolute Gasteiger partial charge is 0.404 e. The van der Waals surface area contributed by atoms with Crippen molar-refractivity contribution in [3.8, 4) is 16.9 Å². The standard InChI is InChI=1S/C13H14F3N3O/c1-8(2)19-7-10(6-18-19)9-3-4-12(11(17)5-9)20-13(14,15)16/h3-8H,17H2,1-2H3. The van der Waals surface area contributed by atoms with E-state index in [1.165, 1.54) is 18.2 Å². The number of halogens is 3. The van der Waals surface area contributed by atoms with Crippen LogP contribution in [0.3, 0.4) is 0 Å². The van der Waals surface area contributed by atoms with E-state index in [2.05, 4.69) is 9.84 Å². The van der Waals surface area contributed by atoms with Crippen LogP contribution < -0.4 is 10.5 Å². The molecule has 0 spiro atoms. The maximum atomic E-state index is 12.1. The Balaban J connectivity index is 2.28. The molecule has 0 amide bonds. The summed E-state index contributed by atoms with van der Waals surface area (Å²) in [7, 11) is 0. The monoisotopic (exact) mass is 285 g/mol. The predicted octanol–water partition coefficient (Wildman–Crippen LogP) is 3.61. The molecule has 0 saturated carbocycles. The summed E-state index contributed by atoms with van der Waals surface area (Å²) in [5.74, 6) is -0.405. The van der Waals surface area contributed by atoms with E-state index in [9.17, 15) is 13.2 Å². The highest BCUT2D eigenvalue weighted by molar-refractivity contribution is 5.69. The molecule has 2 N–H and O–H groups in total. The van der Waals surface area contributed by atoms with E-state index in [0.29, 0.717) is 5.56 Å². The van der Waals surface area contributed by atoms with E-state index in [4.69, 9.17) is 5.73 Å². The maximum absolute atomic E-state index is 12.1. The van der Waals surface area contributed by atoms with Gasteiger partial charge in [-0.1, -0.05) is 6.07 Å². The fraction of sp³-hybridized carbons (Fsp3) is 0.308. The van der Waals surface area contributed by atoms with Crippen LogP contribution in [0.2, 0.25) is 0 Å². The molecule has 1 aromatic heterocycles. The number of nitrogens with zero attached hydrogens (tertiary/aromatic N) is 2. The third kappa shape index (κ3) is 3.23. The molecule has 2 rings (SSSR count). The molecule has 20 heavy (non-hydrogen) atoms. The summed E-state index contributed by atoms with van der Waals surface area (Å²) in [5, 5.41) is 4.17. The molecule has 1 heterocycles. The van der Waals surface area contributed by atoms with Crippen LogP contribution in [0.4, 0.5) is 18.9 Å². The van der Waals surface area contributed by atoms with E-state index in [1.807, 2.05) is 20.0 Å². The molecule has 2 aromatic rings. The Bertz CT molecular complexity index is 605. The van der Waals surface area contributed by atoms with Crippen LogP contribution in [0.1, 0.15) is 19.9 Å². The first-order chi connectivity index (χ1) is 9.26. The van der Waals surface area contributed by atoms with Gasteiger partial charge in [0, 0.05) is 17.8 Å². The highest BCUT2D eigenvalue weighted by Crippen LogP contribution is 2.32. The molecule has 0 aliphatic rings. The van der Waals surface area contributed by atoms with Crippen molar-refractivity contribution >= 4 is 5.69 Å². The Kier molecular flexibility index (Phi) is 3.61. The van der Waals surface area contributed by atoms with E-state index in [1.54, 1.807) is 10.9 Å². The van der Waals surface area contributed by atoms with Crippen molar-refractivity contribution in [3.05, 3.63) is 30.6 Å². The van der Waals surface area contributed by atoms with Gasteiger partial charge >= 0.3 is 6.36 Å². The number of alkyl halides is 3. The van der Waals surface area contributed by atoms with E-state index >= 15 is 0 Å². The lowest BCUT2D eigenvalue weighted by atomic mass is 10.1. The molecule has 108 valence electrons. The van der Waals surface area contributed by atoms with Crippen LogP contribution in [0.25, 0.3) is 11.1 Å². The van der Waals surface area contributed by atoms with Gasteiger partial charge in [-0.15, -0.1) is 13.2 Å². The summed E-state index contributed by atoms with van der Waals surface area (Å²) in [4.78, 5) is 0. The second-order valence-corrected chi connectivity index (χ2v) is 4.60. The Morgan fingerprint density at radius 3 is 2.45 bits per heavy atom. The van der Waals surface area contributed by atoms with Gasteiger partial charge in [-0.2, -0.15) is 5.10 Å². The number of rotatable bonds is 3. The Hall–Kier alpha value is -2.18. The first kappa shape index (κ1) is 14.2. The maximum Gasteiger partial charge on any atom is 0.573 e. The van der Waals surface area contributed by atoms with Crippen LogP contribution in [0, 0.1) is 0 Å². The van der Waals surface area contributed by atoms with Gasteiger partial charge in [0.2, 0.25) is 0 Å². The van der Waals surface area contributed by atoms with Gasteiger partial charge in [-0.3, -0.25) is 4.68 Å². The predicted molar refractivity (Wildman–Crippen MR) is 69.1 cm³/mol. The van der Waals surface area contributed by atoms with Crippen LogP contribution >= 0.6 is 0 Å². The quantitative estimate of drug-likeness (QED) is 0.876. The lowest BCUT2D eigenvalue weighted by Gasteiger charge is -2.11. The average Bonchev–Trinajstić information content (AvgIpc) is 2.79. The van der Waals surface area contributed by atoms with Gasteiger partial charge in [0.1, 0.15) is 0 Å². The number of benzene rings is 1. The number of nitrogen functional groups attached to an aromatic ring is 1. The first-order valence-electron chi connectivity index (χ1n) is 5.96. The van der Waals surface area contributed by atoms with Crippen LogP contribution in [0.5, 0.6) is 5.75 Å². The number of hydrogen-bond acceptors (Lipinski definition) is 3. The summed E-state index contributed by atoms with van der Waals surface area (Å²) in [6.45, 7) is 3.96. The Morgan fingerprint density at radius 2 is 1.95 bits per heavy atom. The molecule has 0 radical (unpaired) electrons. The van der Waals surface area contributed by atoms with Crippen molar-refractivity contribution in [2.45, 2.75) is 26.3 Å². The Morgan fingerprint density at radius 1 is 1.25 bits per heavy atom. The van der Waals surface area contributed by atoms with E-state index < -0.39 is 12.1 Å². The second-order valence-electron chi connectivity index (χ2n) is 4.60. The molecule has 0 aliphatic carbocycles. The van der Waals surface area contributed by atoms with Gasteiger partial charge in [-0.25, -0.2) is 0 Å². The summed E-state index contributed by atoms with van der Waals surface area (Å²) in [6, 6.07) is 4.35. The van der Waals surface area contributed by atoms with Gasteiger partial charge < -0.3 is 10.5 Å². The molecule has 0 fully saturated rings. The highest BCUT2D eigenvalue weighted by Gasteiger charge is 2.31. The Labute approximate surface area is 114 Å². The van der Waals surface area contributed by atoms with Crippen LogP contribution in [-0.4, -0.2) is 16.1 Å². The van der Waals surface area contributed by atoms with Gasteiger partial charge in [0.05, 0.1) is 11.9 Å². The minimum Gasteiger partial charge on any atom is -0.404 e. The molecule has 0 unspecified atom stereocenters. The van der Waals surface area contributed by atoms with E-state index in [-0.39, 0.29) is 11.7 Å². The lowest BCUT2D eigenvalue weighted by Crippen LogP contribution is -2.17. The van der Waals surface area contributed by atoms with Crippen molar-refractivity contribution in [2.24, 2.45) is 0 Å². The number of anilines is 1. The van der Waals surface area contributed by atoms with Crippen LogP contribution in [-0.2, 0) is 0 Å². The number of ether oxygens (including phenoxy) is 1. The second kappa shape index (κ2) is 5.07. The molecule has 0 aliphatic heterocycles. The minimum absolute atomic E-state index is 0.0721. The average molecular weight is 285 g/mol. The van der Waals surface area contributed by atoms with Gasteiger partial charge in [0.25, 0.3) is 0 Å². The third-order valence-corrected chi connectivity index (χ3v) is 2.70. The number of aromatic nitrogens is 2. The third-order valence-electron chi connectivity index (χ3n) is 2.70. The molecule has 0 saturated heterocycles. The van der Waals surface area contributed by atoms with Gasteiger partial charge in [0.15, 0.2) is 5.75 Å². The van der Waals surface area contributed by atoms with Gasteiger partial charge in [-0.05, 0) is 31.5 Å². The topological polar surface area (TPSA) is 53.1 Å². The van der Waals surface area contributed by atoms with Crippen LogP contribution in [0.15, 0.2) is 30.6 Å². The zero-order valence-corrected chi connectivity index (χ0v) is 11.0. The van der Waals surface area contributed by atoms with Crippen molar-refractivity contribution in [2.75, 3.05) is 5.73 Å². The summed E-state index contributed by atoms with van der Waals surface area (Å²) < 4.78 is 42.0. The zero-order valence-electron chi connectivity index (χ0n) is 11.0. The molecule has 1 aromatic carbocycles. The van der Waals surface area contributed by atoms with Crippen molar-refractivity contribution in [1.29, 1.82) is 0 Å².